The molecule has 1 fully saturated rings. The Hall–Kier alpha value is -3.97. The normalized spacial score (nSPS) is 17.0. The van der Waals surface area contributed by atoms with Crippen LogP contribution in [0.25, 0.3) is 11.1 Å². The highest BCUT2D eigenvalue weighted by atomic mass is 16.4. The van der Waals surface area contributed by atoms with E-state index in [0.29, 0.717) is 30.5 Å². The summed E-state index contributed by atoms with van der Waals surface area (Å²) in [5.41, 5.74) is 10.9. The standard InChI is InChI=1S/C31H35N3O4/c1-33(26-15-10-23(21-35)11-16-26)30(36)9-5-6-22-12-19-28(24-7-3-2-4-8-24)29(20-22)34(31(37)38)27-17-13-25(32)14-18-27/h2-4,7-8,10-12,15-16,19-21,25,27H,5-6,9,13-14,17-18,32H2,1H3,(H,37,38)/t25-,27-. The van der Waals surface area contributed by atoms with Gasteiger partial charge in [0.15, 0.2) is 0 Å². The first-order valence-corrected chi connectivity index (χ1v) is 13.1. The third-order valence-corrected chi connectivity index (χ3v) is 7.37. The number of carboxylic acid groups (broad SMARTS) is 1. The van der Waals surface area contributed by atoms with Gasteiger partial charge in [0.05, 0.1) is 5.69 Å². The molecule has 0 aromatic heterocycles. The summed E-state index contributed by atoms with van der Waals surface area (Å²) in [7, 11) is 1.73. The molecule has 1 saturated carbocycles. The molecule has 198 valence electrons. The van der Waals surface area contributed by atoms with Crippen LogP contribution in [0.1, 0.15) is 54.4 Å². The predicted octanol–water partition coefficient (Wildman–Crippen LogP) is 5.91. The molecule has 2 amide bonds. The summed E-state index contributed by atoms with van der Waals surface area (Å²) >= 11 is 0. The van der Waals surface area contributed by atoms with Crippen LogP contribution in [0.4, 0.5) is 16.2 Å². The van der Waals surface area contributed by atoms with Crippen molar-refractivity contribution in [2.75, 3.05) is 16.8 Å². The van der Waals surface area contributed by atoms with E-state index < -0.39 is 6.09 Å². The Morgan fingerprint density at radius 1 is 0.974 bits per heavy atom. The van der Waals surface area contributed by atoms with Gasteiger partial charge in [0.2, 0.25) is 5.91 Å². The van der Waals surface area contributed by atoms with Gasteiger partial charge in [-0.3, -0.25) is 14.5 Å². The minimum atomic E-state index is -0.961. The zero-order valence-electron chi connectivity index (χ0n) is 21.8. The summed E-state index contributed by atoms with van der Waals surface area (Å²) in [6, 6.07) is 22.7. The molecule has 7 heteroatoms. The highest BCUT2D eigenvalue weighted by Crippen LogP contribution is 2.36. The van der Waals surface area contributed by atoms with Crippen LogP contribution in [0.3, 0.4) is 0 Å². The summed E-state index contributed by atoms with van der Waals surface area (Å²) in [6.07, 6.45) is 4.53. The molecule has 0 bridgehead atoms. The highest BCUT2D eigenvalue weighted by molar-refractivity contribution is 5.94. The SMILES string of the molecule is CN(C(=O)CCCc1ccc(-c2ccccc2)c(N(C(=O)O)[C@H]2CC[C@H](N)CC2)c1)c1ccc(C=O)cc1. The number of anilines is 2. The van der Waals surface area contributed by atoms with Crippen LogP contribution < -0.4 is 15.5 Å². The van der Waals surface area contributed by atoms with Gasteiger partial charge in [-0.1, -0.05) is 42.5 Å². The maximum atomic E-state index is 12.8. The van der Waals surface area contributed by atoms with E-state index in [1.165, 1.54) is 4.90 Å². The van der Waals surface area contributed by atoms with E-state index in [1.54, 1.807) is 36.2 Å². The monoisotopic (exact) mass is 513 g/mol. The van der Waals surface area contributed by atoms with Crippen molar-refractivity contribution in [2.24, 2.45) is 5.73 Å². The van der Waals surface area contributed by atoms with Crippen molar-refractivity contribution in [2.45, 2.75) is 57.0 Å². The van der Waals surface area contributed by atoms with E-state index in [0.717, 1.165) is 54.3 Å². The van der Waals surface area contributed by atoms with Gasteiger partial charge in [-0.15, -0.1) is 0 Å². The Morgan fingerprint density at radius 3 is 2.29 bits per heavy atom. The van der Waals surface area contributed by atoms with Crippen LogP contribution in [-0.2, 0) is 11.2 Å². The molecule has 0 spiro atoms. The average Bonchev–Trinajstić information content (AvgIpc) is 2.94. The molecule has 0 radical (unpaired) electrons. The molecule has 0 unspecified atom stereocenters. The topological polar surface area (TPSA) is 104 Å². The molecule has 0 heterocycles. The van der Waals surface area contributed by atoms with Gasteiger partial charge >= 0.3 is 6.09 Å². The van der Waals surface area contributed by atoms with E-state index in [2.05, 4.69) is 0 Å². The molecule has 3 aromatic carbocycles. The molecule has 1 aliphatic rings. The third kappa shape index (κ3) is 6.47. The predicted molar refractivity (Wildman–Crippen MR) is 151 cm³/mol. The minimum Gasteiger partial charge on any atom is -0.465 e. The Labute approximate surface area is 223 Å². The second-order valence-corrected chi connectivity index (χ2v) is 9.95. The zero-order chi connectivity index (χ0) is 27.1. The molecule has 0 aliphatic heterocycles. The molecular formula is C31H35N3O4. The van der Waals surface area contributed by atoms with Crippen LogP contribution in [0.15, 0.2) is 72.8 Å². The Balaban J connectivity index is 1.52. The third-order valence-electron chi connectivity index (χ3n) is 7.37. The number of nitrogens with zero attached hydrogens (tertiary/aromatic N) is 2. The first kappa shape index (κ1) is 27.1. The highest BCUT2D eigenvalue weighted by Gasteiger charge is 2.30. The van der Waals surface area contributed by atoms with Gasteiger partial charge in [-0.05, 0) is 80.0 Å². The lowest BCUT2D eigenvalue weighted by atomic mass is 9.89. The van der Waals surface area contributed by atoms with Gasteiger partial charge in [0, 0.05) is 42.4 Å². The minimum absolute atomic E-state index is 0.0179. The Kier molecular flexibility index (Phi) is 8.92. The van der Waals surface area contributed by atoms with E-state index >= 15 is 0 Å². The number of hydrogen-bond donors (Lipinski definition) is 2. The van der Waals surface area contributed by atoms with Crippen molar-refractivity contribution in [3.63, 3.8) is 0 Å². The van der Waals surface area contributed by atoms with Gasteiger partial charge in [-0.25, -0.2) is 4.79 Å². The summed E-state index contributed by atoms with van der Waals surface area (Å²) in [5.74, 6) is -0.0179. The van der Waals surface area contributed by atoms with Crippen molar-refractivity contribution in [1.29, 1.82) is 0 Å². The maximum absolute atomic E-state index is 12.8. The molecule has 3 aromatic rings. The molecule has 7 nitrogen and oxygen atoms in total. The second kappa shape index (κ2) is 12.5. The van der Waals surface area contributed by atoms with Crippen molar-refractivity contribution < 1.29 is 19.5 Å². The number of rotatable bonds is 9. The van der Waals surface area contributed by atoms with E-state index in [1.807, 2.05) is 48.5 Å². The van der Waals surface area contributed by atoms with Crippen LogP contribution in [0.2, 0.25) is 0 Å². The largest absolute Gasteiger partial charge is 0.465 e. The lowest BCUT2D eigenvalue weighted by molar-refractivity contribution is -0.118. The van der Waals surface area contributed by atoms with E-state index in [4.69, 9.17) is 5.73 Å². The quantitative estimate of drug-likeness (QED) is 0.346. The summed E-state index contributed by atoms with van der Waals surface area (Å²) in [5, 5.41) is 10.3. The number of benzene rings is 3. The summed E-state index contributed by atoms with van der Waals surface area (Å²) in [4.78, 5) is 39.3. The Morgan fingerprint density at radius 2 is 1.66 bits per heavy atom. The lowest BCUT2D eigenvalue weighted by Crippen LogP contribution is -2.44. The van der Waals surface area contributed by atoms with Crippen LogP contribution in [0, 0.1) is 0 Å². The average molecular weight is 514 g/mol. The smallest absolute Gasteiger partial charge is 0.412 e. The van der Waals surface area contributed by atoms with Crippen molar-refractivity contribution in [3.8, 4) is 11.1 Å². The zero-order valence-corrected chi connectivity index (χ0v) is 21.8. The van der Waals surface area contributed by atoms with Crippen LogP contribution >= 0.6 is 0 Å². The number of aldehydes is 1. The molecule has 0 saturated heterocycles. The molecule has 4 rings (SSSR count). The number of hydrogen-bond acceptors (Lipinski definition) is 4. The summed E-state index contributed by atoms with van der Waals surface area (Å²) < 4.78 is 0. The first-order chi connectivity index (χ1) is 18.4. The second-order valence-electron chi connectivity index (χ2n) is 9.95. The van der Waals surface area contributed by atoms with Crippen LogP contribution in [-0.4, -0.2) is 42.5 Å². The fourth-order valence-electron chi connectivity index (χ4n) is 5.14. The molecule has 3 N–H and O–H groups in total. The maximum Gasteiger partial charge on any atom is 0.412 e. The van der Waals surface area contributed by atoms with Gasteiger partial charge in [-0.2, -0.15) is 0 Å². The van der Waals surface area contributed by atoms with Crippen LogP contribution in [0.5, 0.6) is 0 Å². The number of carbonyl (C=O) groups is 3. The Bertz CT molecular complexity index is 1250. The van der Waals surface area contributed by atoms with Gasteiger partial charge in [0.1, 0.15) is 6.29 Å². The number of carbonyl (C=O) groups excluding carboxylic acids is 2. The number of aryl methyl sites for hydroxylation is 1. The van der Waals surface area contributed by atoms with Crippen molar-refractivity contribution in [1.82, 2.24) is 0 Å². The molecular weight excluding hydrogens is 478 g/mol. The first-order valence-electron chi connectivity index (χ1n) is 13.1. The van der Waals surface area contributed by atoms with Gasteiger partial charge < -0.3 is 15.7 Å². The van der Waals surface area contributed by atoms with Gasteiger partial charge in [0.25, 0.3) is 0 Å². The van der Waals surface area contributed by atoms with Crippen molar-refractivity contribution in [3.05, 3.63) is 83.9 Å². The number of nitrogens with two attached hydrogens (primary N) is 1. The van der Waals surface area contributed by atoms with E-state index in [9.17, 15) is 19.5 Å². The molecule has 38 heavy (non-hydrogen) atoms. The van der Waals surface area contributed by atoms with E-state index in [-0.39, 0.29) is 18.0 Å². The fourth-order valence-corrected chi connectivity index (χ4v) is 5.14. The lowest BCUT2D eigenvalue weighted by Gasteiger charge is -2.35. The summed E-state index contributed by atoms with van der Waals surface area (Å²) in [6.45, 7) is 0. The van der Waals surface area contributed by atoms with Crippen molar-refractivity contribution >= 4 is 29.7 Å². The molecule has 1 aliphatic carbocycles. The fraction of sp³-hybridized carbons (Fsp3) is 0.323. The molecule has 0 atom stereocenters. The number of amides is 2.